The lowest BCUT2D eigenvalue weighted by Crippen LogP contribution is -2.43. The van der Waals surface area contributed by atoms with E-state index < -0.39 is 0 Å². The van der Waals surface area contributed by atoms with Gasteiger partial charge < -0.3 is 5.32 Å². The van der Waals surface area contributed by atoms with Gasteiger partial charge in [0.05, 0.1) is 6.54 Å². The Labute approximate surface area is 174 Å². The summed E-state index contributed by atoms with van der Waals surface area (Å²) in [7, 11) is 0. The Hall–Kier alpha value is -0.630. The molecule has 3 rings (SSSR count). The van der Waals surface area contributed by atoms with Gasteiger partial charge in [-0.25, -0.2) is 0 Å². The fraction of sp³-hybridized carbons (Fsp3) is 0.579. The highest BCUT2D eigenvalue weighted by Gasteiger charge is 2.25. The molecule has 0 aromatic heterocycles. The Kier molecular flexibility index (Phi) is 7.37. The monoisotopic (exact) mass is 454 g/mol. The van der Waals surface area contributed by atoms with Crippen molar-refractivity contribution in [2.75, 3.05) is 37.2 Å². The first-order valence-electron chi connectivity index (χ1n) is 9.30. The molecule has 26 heavy (non-hydrogen) atoms. The normalized spacial score (nSPS) is 25.7. The van der Waals surface area contributed by atoms with Gasteiger partial charge in [-0.1, -0.05) is 40.7 Å². The molecule has 0 saturated carbocycles. The van der Waals surface area contributed by atoms with Crippen molar-refractivity contribution in [2.24, 2.45) is 10.9 Å². The number of nitrogens with one attached hydrogen (secondary N) is 1. The van der Waals surface area contributed by atoms with Gasteiger partial charge in [0, 0.05) is 35.0 Å². The number of amidine groups is 1. The Balaban J connectivity index is 1.55. The molecule has 2 atom stereocenters. The van der Waals surface area contributed by atoms with Crippen LogP contribution in [-0.4, -0.2) is 58.1 Å². The maximum absolute atomic E-state index is 5.62. The first-order valence-corrected chi connectivity index (χ1v) is 11.5. The van der Waals surface area contributed by atoms with Gasteiger partial charge in [-0.15, -0.1) is 0 Å². The number of rotatable bonds is 4. The van der Waals surface area contributed by atoms with Crippen molar-refractivity contribution < 1.29 is 0 Å². The second-order valence-electron chi connectivity index (χ2n) is 7.00. The van der Waals surface area contributed by atoms with Gasteiger partial charge in [-0.2, -0.15) is 0 Å². The second kappa shape index (κ2) is 9.53. The molecule has 2 aliphatic heterocycles. The van der Waals surface area contributed by atoms with Gasteiger partial charge in [-0.3, -0.25) is 14.8 Å². The molecule has 2 heterocycles. The molecule has 0 bridgehead atoms. The lowest BCUT2D eigenvalue weighted by molar-refractivity contribution is 0.118. The summed E-state index contributed by atoms with van der Waals surface area (Å²) >= 11 is 10.9. The number of thioether (sulfide) groups is 1. The first-order chi connectivity index (χ1) is 12.5. The highest BCUT2D eigenvalue weighted by Crippen LogP contribution is 2.23. The predicted octanol–water partition coefficient (Wildman–Crippen LogP) is 4.67. The average Bonchev–Trinajstić information content (AvgIpc) is 3.07. The number of piperidine rings is 1. The standard InChI is InChI=1S/C19H27BrN4S2/c1-14-5-4-9-23(15(14)2)10-8-21-19-24(11-12-26-19)18(25)22-17-7-3-6-16(20)13-17/h3,6-7,13-15H,4-5,8-12H2,1-2H3,(H,22,25). The van der Waals surface area contributed by atoms with Gasteiger partial charge in [0.25, 0.3) is 0 Å². The van der Waals surface area contributed by atoms with E-state index >= 15 is 0 Å². The Bertz CT molecular complexity index is 667. The van der Waals surface area contributed by atoms with Crippen LogP contribution in [0.5, 0.6) is 0 Å². The fourth-order valence-electron chi connectivity index (χ4n) is 3.49. The van der Waals surface area contributed by atoms with Crippen LogP contribution in [0, 0.1) is 5.92 Å². The Morgan fingerprint density at radius 3 is 3.04 bits per heavy atom. The van der Waals surface area contributed by atoms with Crippen molar-refractivity contribution in [3.05, 3.63) is 28.7 Å². The molecular formula is C19H27BrN4S2. The van der Waals surface area contributed by atoms with Crippen LogP contribution in [0.2, 0.25) is 0 Å². The second-order valence-corrected chi connectivity index (χ2v) is 9.37. The molecule has 0 radical (unpaired) electrons. The molecule has 2 saturated heterocycles. The lowest BCUT2D eigenvalue weighted by Gasteiger charge is -2.37. The van der Waals surface area contributed by atoms with Gasteiger partial charge in [0.1, 0.15) is 0 Å². The van der Waals surface area contributed by atoms with E-state index in [4.69, 9.17) is 17.2 Å². The smallest absolute Gasteiger partial charge is 0.179 e. The van der Waals surface area contributed by atoms with Gasteiger partial charge in [0.2, 0.25) is 0 Å². The summed E-state index contributed by atoms with van der Waals surface area (Å²) in [6, 6.07) is 8.73. The molecule has 0 aliphatic carbocycles. The van der Waals surface area contributed by atoms with Crippen LogP contribution in [-0.2, 0) is 0 Å². The third-order valence-corrected chi connectivity index (χ3v) is 7.05. The van der Waals surface area contributed by atoms with Crippen molar-refractivity contribution >= 4 is 55.9 Å². The average molecular weight is 455 g/mol. The molecule has 142 valence electrons. The lowest BCUT2D eigenvalue weighted by atomic mass is 9.92. The molecule has 1 aromatic rings. The minimum atomic E-state index is 0.663. The fourth-order valence-corrected chi connectivity index (χ4v) is 5.22. The van der Waals surface area contributed by atoms with Crippen molar-refractivity contribution in [1.82, 2.24) is 9.80 Å². The molecule has 1 N–H and O–H groups in total. The predicted molar refractivity (Wildman–Crippen MR) is 121 cm³/mol. The quantitative estimate of drug-likeness (QED) is 0.667. The number of anilines is 1. The summed E-state index contributed by atoms with van der Waals surface area (Å²) in [5.41, 5.74) is 0.997. The molecular weight excluding hydrogens is 428 g/mol. The first kappa shape index (κ1) is 20.1. The van der Waals surface area contributed by atoms with Crippen LogP contribution in [0.4, 0.5) is 5.69 Å². The van der Waals surface area contributed by atoms with E-state index in [2.05, 4.69) is 44.9 Å². The summed E-state index contributed by atoms with van der Waals surface area (Å²) in [6.45, 7) is 8.72. The van der Waals surface area contributed by atoms with Crippen LogP contribution in [0.15, 0.2) is 33.7 Å². The van der Waals surface area contributed by atoms with Crippen molar-refractivity contribution in [3.8, 4) is 0 Å². The van der Waals surface area contributed by atoms with Gasteiger partial charge in [-0.05, 0) is 62.6 Å². The molecule has 0 spiro atoms. The van der Waals surface area contributed by atoms with Crippen LogP contribution < -0.4 is 5.32 Å². The number of thiocarbonyl (C=S) groups is 1. The highest BCUT2D eigenvalue weighted by atomic mass is 79.9. The summed E-state index contributed by atoms with van der Waals surface area (Å²) in [5.74, 6) is 1.83. The number of nitrogens with zero attached hydrogens (tertiary/aromatic N) is 3. The third kappa shape index (κ3) is 5.21. The third-order valence-electron chi connectivity index (χ3n) is 5.24. The molecule has 1 aromatic carbocycles. The van der Waals surface area contributed by atoms with E-state index in [9.17, 15) is 0 Å². The summed E-state index contributed by atoms with van der Waals surface area (Å²) in [5, 5.41) is 5.11. The van der Waals surface area contributed by atoms with Crippen LogP contribution in [0.25, 0.3) is 0 Å². The number of benzene rings is 1. The maximum Gasteiger partial charge on any atom is 0.179 e. The molecule has 2 aliphatic rings. The number of hydrogen-bond donors (Lipinski definition) is 1. The Morgan fingerprint density at radius 1 is 1.38 bits per heavy atom. The zero-order valence-electron chi connectivity index (χ0n) is 15.4. The topological polar surface area (TPSA) is 30.9 Å². The van der Waals surface area contributed by atoms with E-state index in [1.807, 2.05) is 24.3 Å². The zero-order valence-corrected chi connectivity index (χ0v) is 18.7. The minimum absolute atomic E-state index is 0.663. The van der Waals surface area contributed by atoms with E-state index in [0.717, 1.165) is 51.7 Å². The van der Waals surface area contributed by atoms with E-state index in [0.29, 0.717) is 6.04 Å². The minimum Gasteiger partial charge on any atom is -0.332 e. The van der Waals surface area contributed by atoms with Gasteiger partial charge >= 0.3 is 0 Å². The summed E-state index contributed by atoms with van der Waals surface area (Å²) in [4.78, 5) is 9.58. The van der Waals surface area contributed by atoms with Crippen LogP contribution in [0.3, 0.4) is 0 Å². The molecule has 2 unspecified atom stereocenters. The van der Waals surface area contributed by atoms with Crippen LogP contribution >= 0.6 is 39.9 Å². The maximum atomic E-state index is 5.62. The SMILES string of the molecule is CC1CCCN(CCN=C2SCCN2C(=S)Nc2cccc(Br)c2)C1C. The van der Waals surface area contributed by atoms with E-state index in [1.165, 1.54) is 19.4 Å². The highest BCUT2D eigenvalue weighted by molar-refractivity contribution is 9.10. The van der Waals surface area contributed by atoms with E-state index in [1.54, 1.807) is 11.8 Å². The largest absolute Gasteiger partial charge is 0.332 e. The van der Waals surface area contributed by atoms with Crippen LogP contribution in [0.1, 0.15) is 26.7 Å². The summed E-state index contributed by atoms with van der Waals surface area (Å²) < 4.78 is 1.04. The Morgan fingerprint density at radius 2 is 2.23 bits per heavy atom. The van der Waals surface area contributed by atoms with E-state index in [-0.39, 0.29) is 0 Å². The molecule has 0 amide bonds. The zero-order chi connectivity index (χ0) is 18.5. The van der Waals surface area contributed by atoms with Gasteiger partial charge in [0.15, 0.2) is 10.3 Å². The summed E-state index contributed by atoms with van der Waals surface area (Å²) in [6.07, 6.45) is 2.66. The van der Waals surface area contributed by atoms with Crippen molar-refractivity contribution in [2.45, 2.75) is 32.7 Å². The van der Waals surface area contributed by atoms with Crippen molar-refractivity contribution in [3.63, 3.8) is 0 Å². The molecule has 2 fully saturated rings. The van der Waals surface area contributed by atoms with Crippen molar-refractivity contribution in [1.29, 1.82) is 0 Å². The number of likely N-dealkylation sites (tertiary alicyclic amines) is 1. The molecule has 7 heteroatoms. The molecule has 4 nitrogen and oxygen atoms in total. The number of halogens is 1. The number of hydrogen-bond acceptors (Lipinski definition) is 4. The number of aliphatic imine (C=N–C) groups is 1.